The van der Waals surface area contributed by atoms with Crippen LogP contribution in [-0.2, 0) is 6.42 Å². The molecule has 33 heavy (non-hydrogen) atoms. The van der Waals surface area contributed by atoms with Crippen molar-refractivity contribution >= 4 is 5.57 Å². The summed E-state index contributed by atoms with van der Waals surface area (Å²) >= 11 is 0. The first-order valence-corrected chi connectivity index (χ1v) is 12.3. The van der Waals surface area contributed by atoms with Gasteiger partial charge in [0.25, 0.3) is 0 Å². The molecule has 2 aliphatic rings. The van der Waals surface area contributed by atoms with Crippen LogP contribution in [0, 0.1) is 0 Å². The highest BCUT2D eigenvalue weighted by Crippen LogP contribution is 2.48. The number of nitrogens with zero attached hydrogens (tertiary/aromatic N) is 2. The number of alkyl halides is 2. The molecule has 2 aromatic rings. The SMILES string of the molecule is C[C@@H]1CC2=C(Cc3ccccc32)[C@@H](c2ccc(OCCCCCCF)cn2)N1CC(C)(C)F. The van der Waals surface area contributed by atoms with Crippen molar-refractivity contribution in [2.45, 2.75) is 77.0 Å². The first-order valence-electron chi connectivity index (χ1n) is 12.3. The summed E-state index contributed by atoms with van der Waals surface area (Å²) in [5.41, 5.74) is 5.12. The molecule has 0 amide bonds. The van der Waals surface area contributed by atoms with Crippen LogP contribution in [0.1, 0.15) is 75.7 Å². The van der Waals surface area contributed by atoms with Crippen LogP contribution in [0.5, 0.6) is 5.75 Å². The second-order valence-corrected chi connectivity index (χ2v) is 10.1. The van der Waals surface area contributed by atoms with Gasteiger partial charge in [-0.05, 0) is 87.3 Å². The zero-order valence-corrected chi connectivity index (χ0v) is 20.1. The van der Waals surface area contributed by atoms with Crippen molar-refractivity contribution in [3.05, 3.63) is 65.0 Å². The van der Waals surface area contributed by atoms with Crippen molar-refractivity contribution in [3.63, 3.8) is 0 Å². The number of benzene rings is 1. The summed E-state index contributed by atoms with van der Waals surface area (Å²) in [5.74, 6) is 0.745. The Balaban J connectivity index is 1.55. The van der Waals surface area contributed by atoms with E-state index in [-0.39, 0.29) is 18.8 Å². The zero-order chi connectivity index (χ0) is 23.4. The summed E-state index contributed by atoms with van der Waals surface area (Å²) in [6.07, 6.45) is 7.03. The molecule has 0 saturated heterocycles. The molecular weight excluding hydrogens is 418 g/mol. The first-order chi connectivity index (χ1) is 15.9. The third-order valence-electron chi connectivity index (χ3n) is 6.73. The van der Waals surface area contributed by atoms with E-state index in [0.29, 0.717) is 19.6 Å². The van der Waals surface area contributed by atoms with E-state index in [4.69, 9.17) is 9.72 Å². The number of pyridine rings is 1. The lowest BCUT2D eigenvalue weighted by molar-refractivity contribution is 0.0688. The molecule has 0 bridgehead atoms. The Hall–Kier alpha value is -2.27. The van der Waals surface area contributed by atoms with Gasteiger partial charge in [0.1, 0.15) is 11.4 Å². The normalized spacial score (nSPS) is 20.6. The van der Waals surface area contributed by atoms with Gasteiger partial charge in [0.15, 0.2) is 0 Å². The van der Waals surface area contributed by atoms with Gasteiger partial charge in [-0.25, -0.2) is 4.39 Å². The van der Waals surface area contributed by atoms with Crippen LogP contribution in [0.2, 0.25) is 0 Å². The standard InChI is InChI=1S/C28H36F2N2O/c1-20-16-24-23-11-7-6-10-21(23)17-25(24)27(32(20)19-28(2,3)30)26-13-12-22(18-31-26)33-15-9-5-4-8-14-29/h6-7,10-13,18,20,27H,4-5,8-9,14-17,19H2,1-3H3/t20-,27+/m1/s1. The van der Waals surface area contributed by atoms with Crippen LogP contribution in [0.25, 0.3) is 5.57 Å². The number of aromatic nitrogens is 1. The predicted octanol–water partition coefficient (Wildman–Crippen LogP) is 6.88. The van der Waals surface area contributed by atoms with Gasteiger partial charge in [0.05, 0.1) is 31.2 Å². The topological polar surface area (TPSA) is 25.4 Å². The predicted molar refractivity (Wildman–Crippen MR) is 130 cm³/mol. The Morgan fingerprint density at radius 2 is 1.88 bits per heavy atom. The Morgan fingerprint density at radius 1 is 1.09 bits per heavy atom. The number of ether oxygens (including phenoxy) is 1. The fourth-order valence-electron chi connectivity index (χ4n) is 5.23. The summed E-state index contributed by atoms with van der Waals surface area (Å²) in [5, 5.41) is 0. The van der Waals surface area contributed by atoms with Crippen LogP contribution in [0.15, 0.2) is 48.2 Å². The summed E-state index contributed by atoms with van der Waals surface area (Å²) in [7, 11) is 0. The van der Waals surface area contributed by atoms with Crippen molar-refractivity contribution in [2.75, 3.05) is 19.8 Å². The van der Waals surface area contributed by atoms with E-state index in [1.54, 1.807) is 20.0 Å². The molecule has 2 atom stereocenters. The number of hydrogen-bond donors (Lipinski definition) is 0. The molecule has 178 valence electrons. The van der Waals surface area contributed by atoms with Crippen molar-refractivity contribution in [1.29, 1.82) is 0 Å². The van der Waals surface area contributed by atoms with E-state index in [2.05, 4.69) is 36.1 Å². The summed E-state index contributed by atoms with van der Waals surface area (Å²) < 4.78 is 32.9. The Morgan fingerprint density at radius 3 is 2.61 bits per heavy atom. The maximum Gasteiger partial charge on any atom is 0.137 e. The molecule has 4 rings (SSSR count). The monoisotopic (exact) mass is 454 g/mol. The minimum absolute atomic E-state index is 0.0408. The van der Waals surface area contributed by atoms with Crippen molar-refractivity contribution in [3.8, 4) is 5.75 Å². The molecule has 0 radical (unpaired) electrons. The molecule has 0 N–H and O–H groups in total. The molecule has 0 saturated carbocycles. The lowest BCUT2D eigenvalue weighted by atomic mass is 9.86. The molecule has 0 spiro atoms. The van der Waals surface area contributed by atoms with Gasteiger partial charge < -0.3 is 4.74 Å². The molecule has 0 fully saturated rings. The Labute approximate surface area is 196 Å². The largest absolute Gasteiger partial charge is 0.492 e. The highest BCUT2D eigenvalue weighted by atomic mass is 19.1. The van der Waals surface area contributed by atoms with Gasteiger partial charge in [0, 0.05) is 12.6 Å². The molecule has 0 unspecified atom stereocenters. The van der Waals surface area contributed by atoms with E-state index in [0.717, 1.165) is 43.5 Å². The number of fused-ring (bicyclic) bond motifs is 2. The minimum Gasteiger partial charge on any atom is -0.492 e. The van der Waals surface area contributed by atoms with E-state index >= 15 is 0 Å². The van der Waals surface area contributed by atoms with E-state index < -0.39 is 5.67 Å². The van der Waals surface area contributed by atoms with Crippen LogP contribution in [-0.4, -0.2) is 41.4 Å². The summed E-state index contributed by atoms with van der Waals surface area (Å²) in [6, 6.07) is 12.8. The quantitative estimate of drug-likeness (QED) is 0.366. The minimum atomic E-state index is -1.29. The van der Waals surface area contributed by atoms with Crippen LogP contribution >= 0.6 is 0 Å². The fourth-order valence-corrected chi connectivity index (χ4v) is 5.23. The van der Waals surface area contributed by atoms with E-state index in [9.17, 15) is 8.78 Å². The lowest BCUT2D eigenvalue weighted by Crippen LogP contribution is -2.46. The van der Waals surface area contributed by atoms with E-state index in [1.807, 2.05) is 12.1 Å². The molecule has 5 heteroatoms. The summed E-state index contributed by atoms with van der Waals surface area (Å²) in [4.78, 5) is 7.09. The maximum absolute atomic E-state index is 14.8. The molecule has 1 aromatic heterocycles. The Kier molecular flexibility index (Phi) is 7.48. The van der Waals surface area contributed by atoms with Gasteiger partial charge in [-0.2, -0.15) is 0 Å². The van der Waals surface area contributed by atoms with Gasteiger partial charge in [0.2, 0.25) is 0 Å². The molecule has 3 nitrogen and oxygen atoms in total. The van der Waals surface area contributed by atoms with Crippen LogP contribution in [0.3, 0.4) is 0 Å². The van der Waals surface area contributed by atoms with Crippen LogP contribution in [0.4, 0.5) is 8.78 Å². The average Bonchev–Trinajstić information content (AvgIpc) is 3.14. The second-order valence-electron chi connectivity index (χ2n) is 10.1. The van der Waals surface area contributed by atoms with Crippen molar-refractivity contribution in [1.82, 2.24) is 9.88 Å². The highest BCUT2D eigenvalue weighted by Gasteiger charge is 2.41. The molecule has 1 aromatic carbocycles. The summed E-state index contributed by atoms with van der Waals surface area (Å²) in [6.45, 7) is 6.24. The number of unbranched alkanes of at least 4 members (excludes halogenated alkanes) is 3. The lowest BCUT2D eigenvalue weighted by Gasteiger charge is -2.43. The fraction of sp³-hybridized carbons (Fsp3) is 0.536. The molecule has 1 aliphatic heterocycles. The average molecular weight is 455 g/mol. The van der Waals surface area contributed by atoms with Crippen molar-refractivity contribution < 1.29 is 13.5 Å². The van der Waals surface area contributed by atoms with Crippen molar-refractivity contribution in [2.24, 2.45) is 0 Å². The third-order valence-corrected chi connectivity index (χ3v) is 6.73. The molecule has 2 heterocycles. The van der Waals surface area contributed by atoms with E-state index in [1.165, 1.54) is 22.3 Å². The first kappa shape index (κ1) is 23.9. The molecular formula is C28H36F2N2O. The number of hydrogen-bond acceptors (Lipinski definition) is 3. The van der Waals surface area contributed by atoms with Gasteiger partial charge in [-0.15, -0.1) is 0 Å². The zero-order valence-electron chi connectivity index (χ0n) is 20.1. The maximum atomic E-state index is 14.8. The number of rotatable bonds is 10. The second kappa shape index (κ2) is 10.3. The van der Waals surface area contributed by atoms with Crippen LogP contribution < -0.4 is 4.74 Å². The van der Waals surface area contributed by atoms with Gasteiger partial charge in [-0.1, -0.05) is 30.7 Å². The highest BCUT2D eigenvalue weighted by molar-refractivity contribution is 5.78. The van der Waals surface area contributed by atoms with Gasteiger partial charge >= 0.3 is 0 Å². The third kappa shape index (κ3) is 5.63. The smallest absolute Gasteiger partial charge is 0.137 e. The molecule has 1 aliphatic carbocycles. The number of halogens is 2. The van der Waals surface area contributed by atoms with Gasteiger partial charge in [-0.3, -0.25) is 14.3 Å². The Bertz CT molecular complexity index is 965.